The molecule has 0 saturated carbocycles. The first kappa shape index (κ1) is 10.9. The highest BCUT2D eigenvalue weighted by atomic mass is 32.2. The summed E-state index contributed by atoms with van der Waals surface area (Å²) in [5.41, 5.74) is 1.80. The van der Waals surface area contributed by atoms with Crippen LogP contribution in [0, 0.1) is 0 Å². The highest BCUT2D eigenvalue weighted by molar-refractivity contribution is 8.00. The van der Waals surface area contributed by atoms with Crippen molar-refractivity contribution in [2.45, 2.75) is 23.8 Å². The van der Waals surface area contributed by atoms with Gasteiger partial charge in [-0.2, -0.15) is 13.2 Å². The van der Waals surface area contributed by atoms with Crippen molar-refractivity contribution in [3.8, 4) is 0 Å². The van der Waals surface area contributed by atoms with Gasteiger partial charge in [-0.05, 0) is 30.7 Å². The van der Waals surface area contributed by atoms with E-state index in [1.165, 1.54) is 12.3 Å². The summed E-state index contributed by atoms with van der Waals surface area (Å²) in [6, 6.07) is 0. The van der Waals surface area contributed by atoms with Crippen LogP contribution in [0.3, 0.4) is 0 Å². The van der Waals surface area contributed by atoms with Crippen molar-refractivity contribution in [2.75, 3.05) is 12.8 Å². The van der Waals surface area contributed by atoms with E-state index in [4.69, 9.17) is 0 Å². The van der Waals surface area contributed by atoms with Gasteiger partial charge >= 0.3 is 6.18 Å². The zero-order valence-electron chi connectivity index (χ0n) is 8.32. The van der Waals surface area contributed by atoms with E-state index in [0.717, 1.165) is 36.0 Å². The first-order chi connectivity index (χ1) is 6.98. The molecule has 0 saturated heterocycles. The lowest BCUT2D eigenvalue weighted by atomic mass is 9.91. The highest BCUT2D eigenvalue weighted by Gasteiger charge is 2.54. The Balaban J connectivity index is 2.30. The van der Waals surface area contributed by atoms with Crippen molar-refractivity contribution in [3.05, 3.63) is 23.4 Å². The molecule has 0 spiro atoms. The molecule has 0 aromatic heterocycles. The molecule has 0 radical (unpaired) electrons. The number of hydrogen-bond donors (Lipinski definition) is 1. The van der Waals surface area contributed by atoms with Crippen molar-refractivity contribution in [3.63, 3.8) is 0 Å². The maximum absolute atomic E-state index is 12.9. The minimum Gasteiger partial charge on any atom is -0.385 e. The van der Waals surface area contributed by atoms with Crippen LogP contribution in [-0.4, -0.2) is 23.7 Å². The van der Waals surface area contributed by atoms with E-state index in [1.54, 1.807) is 6.08 Å². The van der Waals surface area contributed by atoms with E-state index in [2.05, 4.69) is 5.32 Å². The summed E-state index contributed by atoms with van der Waals surface area (Å²) in [5, 5.41) is 3.09. The molecule has 84 valence electrons. The number of nitrogens with one attached hydrogen (secondary N) is 1. The summed E-state index contributed by atoms with van der Waals surface area (Å²) in [6.45, 7) is 0.761. The van der Waals surface area contributed by atoms with Gasteiger partial charge in [0.15, 0.2) is 0 Å². The molecule has 0 aromatic rings. The van der Waals surface area contributed by atoms with Crippen LogP contribution in [-0.2, 0) is 0 Å². The van der Waals surface area contributed by atoms with Crippen LogP contribution in [0.2, 0.25) is 0 Å². The number of allylic oxidation sites excluding steroid dienone is 1. The monoisotopic (exact) mass is 235 g/mol. The first-order valence-corrected chi connectivity index (χ1v) is 5.98. The van der Waals surface area contributed by atoms with E-state index >= 15 is 0 Å². The van der Waals surface area contributed by atoms with Crippen LogP contribution in [0.1, 0.15) is 12.8 Å². The van der Waals surface area contributed by atoms with E-state index < -0.39 is 10.9 Å². The second-order valence-electron chi connectivity index (χ2n) is 3.80. The molecule has 1 heterocycles. The van der Waals surface area contributed by atoms with Crippen LogP contribution < -0.4 is 5.32 Å². The second-order valence-corrected chi connectivity index (χ2v) is 4.93. The van der Waals surface area contributed by atoms with E-state index in [-0.39, 0.29) is 6.42 Å². The predicted molar refractivity (Wildman–Crippen MR) is 55.7 cm³/mol. The second kappa shape index (κ2) is 3.47. The standard InChI is InChI=1S/C10H12F3NS/c1-15-9(10(11,12)13)4-2-8-7(6-9)3-5-14-8/h2,4,14H,3,5-6H2,1H3. The molecule has 1 aliphatic heterocycles. The Bertz CT molecular complexity index is 332. The minimum atomic E-state index is -4.18. The van der Waals surface area contributed by atoms with Gasteiger partial charge < -0.3 is 5.32 Å². The molecule has 1 N–H and O–H groups in total. The summed E-state index contributed by atoms with van der Waals surface area (Å²) >= 11 is 0.875. The molecule has 0 bridgehead atoms. The fraction of sp³-hybridized carbons (Fsp3) is 0.600. The molecule has 0 fully saturated rings. The summed E-state index contributed by atoms with van der Waals surface area (Å²) in [5.74, 6) is 0. The van der Waals surface area contributed by atoms with Gasteiger partial charge in [0, 0.05) is 12.2 Å². The molecule has 0 amide bonds. The fourth-order valence-electron chi connectivity index (χ4n) is 2.01. The van der Waals surface area contributed by atoms with Crippen LogP contribution in [0.15, 0.2) is 23.4 Å². The molecule has 1 nitrogen and oxygen atoms in total. The summed E-state index contributed by atoms with van der Waals surface area (Å²) in [6.07, 6.45) is 1.04. The van der Waals surface area contributed by atoms with Gasteiger partial charge in [-0.1, -0.05) is 6.08 Å². The summed E-state index contributed by atoms with van der Waals surface area (Å²) in [4.78, 5) is 0. The lowest BCUT2D eigenvalue weighted by molar-refractivity contribution is -0.147. The number of hydrogen-bond acceptors (Lipinski definition) is 2. The first-order valence-electron chi connectivity index (χ1n) is 4.75. The van der Waals surface area contributed by atoms with Crippen LogP contribution in [0.4, 0.5) is 13.2 Å². The van der Waals surface area contributed by atoms with E-state index in [0.29, 0.717) is 0 Å². The quantitative estimate of drug-likeness (QED) is 0.750. The van der Waals surface area contributed by atoms with Gasteiger partial charge in [0.2, 0.25) is 0 Å². The van der Waals surface area contributed by atoms with E-state index in [1.807, 2.05) is 0 Å². The average Bonchev–Trinajstić information content (AvgIpc) is 2.61. The van der Waals surface area contributed by atoms with Crippen LogP contribution >= 0.6 is 11.8 Å². The van der Waals surface area contributed by atoms with Gasteiger partial charge in [-0.25, -0.2) is 0 Å². The van der Waals surface area contributed by atoms with Crippen molar-refractivity contribution < 1.29 is 13.2 Å². The largest absolute Gasteiger partial charge is 0.406 e. The van der Waals surface area contributed by atoms with Gasteiger partial charge in [-0.15, -0.1) is 11.8 Å². The number of halogens is 3. The zero-order valence-corrected chi connectivity index (χ0v) is 9.13. The molecule has 1 aliphatic carbocycles. The van der Waals surface area contributed by atoms with Crippen LogP contribution in [0.25, 0.3) is 0 Å². The third kappa shape index (κ3) is 1.67. The molecule has 0 aromatic carbocycles. The maximum Gasteiger partial charge on any atom is 0.406 e. The predicted octanol–water partition coefficient (Wildman–Crippen LogP) is 2.86. The SMILES string of the molecule is CSC1(C(F)(F)F)C=CC2=C(CCN2)C1. The third-order valence-corrected chi connectivity index (χ3v) is 4.20. The highest BCUT2D eigenvalue weighted by Crippen LogP contribution is 2.49. The Hall–Kier alpha value is -0.580. The molecular weight excluding hydrogens is 223 g/mol. The summed E-state index contributed by atoms with van der Waals surface area (Å²) in [7, 11) is 0. The van der Waals surface area contributed by atoms with E-state index in [9.17, 15) is 13.2 Å². The smallest absolute Gasteiger partial charge is 0.385 e. The summed E-state index contributed by atoms with van der Waals surface area (Å²) < 4.78 is 37.1. The lowest BCUT2D eigenvalue weighted by Crippen LogP contribution is -2.41. The normalized spacial score (nSPS) is 30.4. The Labute approximate surface area is 90.8 Å². The topological polar surface area (TPSA) is 12.0 Å². The number of rotatable bonds is 1. The Morgan fingerprint density at radius 2 is 2.20 bits per heavy atom. The molecule has 2 aliphatic rings. The van der Waals surface area contributed by atoms with Crippen LogP contribution in [0.5, 0.6) is 0 Å². The minimum absolute atomic E-state index is 0.0937. The number of alkyl halides is 3. The molecule has 5 heteroatoms. The van der Waals surface area contributed by atoms with Gasteiger partial charge in [0.05, 0.1) is 0 Å². The Morgan fingerprint density at radius 3 is 2.80 bits per heavy atom. The van der Waals surface area contributed by atoms with Crippen molar-refractivity contribution in [1.29, 1.82) is 0 Å². The Kier molecular flexibility index (Phi) is 2.53. The average molecular weight is 235 g/mol. The number of thioether (sulfide) groups is 1. The molecule has 15 heavy (non-hydrogen) atoms. The molecule has 2 rings (SSSR count). The Morgan fingerprint density at radius 1 is 1.47 bits per heavy atom. The van der Waals surface area contributed by atoms with Crippen molar-refractivity contribution >= 4 is 11.8 Å². The van der Waals surface area contributed by atoms with Crippen molar-refractivity contribution in [1.82, 2.24) is 5.32 Å². The third-order valence-electron chi connectivity index (χ3n) is 2.96. The van der Waals surface area contributed by atoms with Gasteiger partial charge in [0.1, 0.15) is 4.75 Å². The molecular formula is C10H12F3NS. The van der Waals surface area contributed by atoms with Crippen molar-refractivity contribution in [2.24, 2.45) is 0 Å². The fourth-order valence-corrected chi connectivity index (χ4v) is 2.77. The zero-order chi connectivity index (χ0) is 11.1. The molecule has 1 unspecified atom stereocenters. The molecule has 1 atom stereocenters. The lowest BCUT2D eigenvalue weighted by Gasteiger charge is -2.34. The maximum atomic E-state index is 12.9. The van der Waals surface area contributed by atoms with Gasteiger partial charge in [0.25, 0.3) is 0 Å². The van der Waals surface area contributed by atoms with Gasteiger partial charge in [-0.3, -0.25) is 0 Å².